The molecule has 0 bridgehead atoms. The maximum absolute atomic E-state index is 12.9. The largest absolute Gasteiger partial charge is 0.341 e. The van der Waals surface area contributed by atoms with E-state index in [4.69, 9.17) is 0 Å². The van der Waals surface area contributed by atoms with Gasteiger partial charge in [0.1, 0.15) is 0 Å². The van der Waals surface area contributed by atoms with Crippen molar-refractivity contribution in [3.05, 3.63) is 48.0 Å². The van der Waals surface area contributed by atoms with E-state index in [0.717, 1.165) is 25.9 Å². The van der Waals surface area contributed by atoms with Gasteiger partial charge in [-0.3, -0.25) is 9.59 Å². The lowest BCUT2D eigenvalue weighted by Gasteiger charge is -2.21. The molecular weight excluding hydrogens is 312 g/mol. The second-order valence-corrected chi connectivity index (χ2v) is 7.24. The Balaban J connectivity index is 1.43. The molecule has 1 heterocycles. The zero-order valence-electron chi connectivity index (χ0n) is 14.6. The Hall–Kier alpha value is -2.36. The maximum atomic E-state index is 12.9. The number of nitrogens with zero attached hydrogens (tertiary/aromatic N) is 2. The molecule has 1 saturated heterocycles. The van der Waals surface area contributed by atoms with Gasteiger partial charge in [-0.1, -0.05) is 42.5 Å². The van der Waals surface area contributed by atoms with Crippen LogP contribution in [0, 0.1) is 5.92 Å². The van der Waals surface area contributed by atoms with Gasteiger partial charge in [0, 0.05) is 39.0 Å². The first kappa shape index (κ1) is 16.1. The Morgan fingerprint density at radius 1 is 0.920 bits per heavy atom. The van der Waals surface area contributed by atoms with E-state index in [1.165, 1.54) is 16.3 Å². The highest BCUT2D eigenvalue weighted by Gasteiger charge is 2.45. The molecule has 4 rings (SSSR count). The van der Waals surface area contributed by atoms with Gasteiger partial charge in [0.05, 0.1) is 0 Å². The van der Waals surface area contributed by atoms with E-state index in [1.807, 2.05) is 9.80 Å². The summed E-state index contributed by atoms with van der Waals surface area (Å²) in [5, 5.41) is 2.48. The standard InChI is InChI=1S/C21H24N2O2/c1-15(24)22-9-4-10-23(12-11-22)21(25)20-14-19(20)18-8-7-16-5-2-3-6-17(16)13-18/h2-3,5-8,13,19-20H,4,9-12,14H2,1H3/t19-,20-/m1/s1. The highest BCUT2D eigenvalue weighted by Crippen LogP contribution is 2.49. The van der Waals surface area contributed by atoms with E-state index in [0.29, 0.717) is 19.0 Å². The predicted molar refractivity (Wildman–Crippen MR) is 98.2 cm³/mol. The van der Waals surface area contributed by atoms with Gasteiger partial charge < -0.3 is 9.80 Å². The average Bonchev–Trinajstić information content (AvgIpc) is 3.44. The Morgan fingerprint density at radius 3 is 2.44 bits per heavy atom. The van der Waals surface area contributed by atoms with Crippen LogP contribution in [0.25, 0.3) is 10.8 Å². The molecular formula is C21H24N2O2. The fourth-order valence-electron chi connectivity index (χ4n) is 3.96. The maximum Gasteiger partial charge on any atom is 0.226 e. The molecule has 25 heavy (non-hydrogen) atoms. The van der Waals surface area contributed by atoms with Gasteiger partial charge in [-0.05, 0) is 35.1 Å². The van der Waals surface area contributed by atoms with Crippen LogP contribution in [-0.2, 0) is 9.59 Å². The monoisotopic (exact) mass is 336 g/mol. The van der Waals surface area contributed by atoms with Crippen LogP contribution in [0.15, 0.2) is 42.5 Å². The molecule has 2 aromatic rings. The van der Waals surface area contributed by atoms with Gasteiger partial charge in [0.25, 0.3) is 0 Å². The molecule has 1 aliphatic carbocycles. The molecule has 4 nitrogen and oxygen atoms in total. The SMILES string of the molecule is CC(=O)N1CCCN(C(=O)[C@@H]2C[C@@H]2c2ccc3ccccc3c2)CC1. The molecule has 0 radical (unpaired) electrons. The lowest BCUT2D eigenvalue weighted by Crippen LogP contribution is -2.37. The van der Waals surface area contributed by atoms with Crippen LogP contribution in [0.4, 0.5) is 0 Å². The summed E-state index contributed by atoms with van der Waals surface area (Å²) in [6.45, 7) is 4.46. The summed E-state index contributed by atoms with van der Waals surface area (Å²) in [6.07, 6.45) is 1.82. The van der Waals surface area contributed by atoms with E-state index >= 15 is 0 Å². The van der Waals surface area contributed by atoms with Crippen molar-refractivity contribution in [3.8, 4) is 0 Å². The van der Waals surface area contributed by atoms with E-state index < -0.39 is 0 Å². The van der Waals surface area contributed by atoms with Crippen LogP contribution in [0.5, 0.6) is 0 Å². The van der Waals surface area contributed by atoms with Crippen molar-refractivity contribution in [1.82, 2.24) is 9.80 Å². The van der Waals surface area contributed by atoms with Crippen molar-refractivity contribution in [2.24, 2.45) is 5.92 Å². The van der Waals surface area contributed by atoms with Crippen molar-refractivity contribution in [3.63, 3.8) is 0 Å². The van der Waals surface area contributed by atoms with Gasteiger partial charge >= 0.3 is 0 Å². The lowest BCUT2D eigenvalue weighted by atomic mass is 10.0. The van der Waals surface area contributed by atoms with E-state index in [-0.39, 0.29) is 17.7 Å². The Labute approximate surface area is 148 Å². The smallest absolute Gasteiger partial charge is 0.226 e. The first-order valence-electron chi connectivity index (χ1n) is 9.16. The number of carbonyl (C=O) groups is 2. The van der Waals surface area contributed by atoms with Crippen molar-refractivity contribution >= 4 is 22.6 Å². The highest BCUT2D eigenvalue weighted by molar-refractivity contribution is 5.86. The van der Waals surface area contributed by atoms with E-state index in [2.05, 4.69) is 42.5 Å². The highest BCUT2D eigenvalue weighted by atomic mass is 16.2. The molecule has 2 aromatic carbocycles. The molecule has 4 heteroatoms. The van der Waals surface area contributed by atoms with Gasteiger partial charge in [-0.2, -0.15) is 0 Å². The third-order valence-electron chi connectivity index (χ3n) is 5.56. The summed E-state index contributed by atoms with van der Waals surface area (Å²) in [4.78, 5) is 28.2. The molecule has 0 aromatic heterocycles. The predicted octanol–water partition coefficient (Wildman–Crippen LogP) is 3.02. The zero-order chi connectivity index (χ0) is 17.4. The number of hydrogen-bond acceptors (Lipinski definition) is 2. The summed E-state index contributed by atoms with van der Waals surface area (Å²) in [6, 6.07) is 14.9. The average molecular weight is 336 g/mol. The summed E-state index contributed by atoms with van der Waals surface area (Å²) in [5.74, 6) is 0.840. The normalized spacial score (nSPS) is 23.4. The van der Waals surface area contributed by atoms with Crippen LogP contribution in [-0.4, -0.2) is 47.8 Å². The van der Waals surface area contributed by atoms with E-state index in [1.54, 1.807) is 6.92 Å². The van der Waals surface area contributed by atoms with Crippen LogP contribution in [0.1, 0.15) is 31.2 Å². The van der Waals surface area contributed by atoms with Crippen LogP contribution in [0.3, 0.4) is 0 Å². The molecule has 1 aliphatic heterocycles. The molecule has 2 aliphatic rings. The molecule has 0 spiro atoms. The Kier molecular flexibility index (Phi) is 4.20. The molecule has 1 saturated carbocycles. The van der Waals surface area contributed by atoms with Crippen molar-refractivity contribution < 1.29 is 9.59 Å². The second kappa shape index (κ2) is 6.51. The number of rotatable bonds is 2. The number of benzene rings is 2. The number of carbonyl (C=O) groups excluding carboxylic acids is 2. The fraction of sp³-hybridized carbons (Fsp3) is 0.429. The van der Waals surface area contributed by atoms with Crippen molar-refractivity contribution in [2.45, 2.75) is 25.7 Å². The molecule has 2 amide bonds. The first-order valence-corrected chi connectivity index (χ1v) is 9.16. The topological polar surface area (TPSA) is 40.6 Å². The number of fused-ring (bicyclic) bond motifs is 1. The lowest BCUT2D eigenvalue weighted by molar-refractivity contribution is -0.133. The van der Waals surface area contributed by atoms with Crippen molar-refractivity contribution in [2.75, 3.05) is 26.2 Å². The van der Waals surface area contributed by atoms with Crippen LogP contribution < -0.4 is 0 Å². The first-order chi connectivity index (χ1) is 12.1. The Bertz CT molecular complexity index is 816. The van der Waals surface area contributed by atoms with Gasteiger partial charge in [-0.15, -0.1) is 0 Å². The van der Waals surface area contributed by atoms with Gasteiger partial charge in [0.2, 0.25) is 11.8 Å². The molecule has 2 atom stereocenters. The molecule has 0 unspecified atom stereocenters. The van der Waals surface area contributed by atoms with Crippen LogP contribution >= 0.6 is 0 Å². The molecule has 2 fully saturated rings. The Morgan fingerprint density at radius 2 is 1.64 bits per heavy atom. The van der Waals surface area contributed by atoms with Crippen LogP contribution in [0.2, 0.25) is 0 Å². The van der Waals surface area contributed by atoms with Crippen molar-refractivity contribution in [1.29, 1.82) is 0 Å². The number of amides is 2. The third kappa shape index (κ3) is 3.26. The summed E-state index contributed by atoms with van der Waals surface area (Å²) in [5.41, 5.74) is 1.28. The zero-order valence-corrected chi connectivity index (χ0v) is 14.6. The van der Waals surface area contributed by atoms with Gasteiger partial charge in [-0.25, -0.2) is 0 Å². The minimum atomic E-state index is 0.106. The summed E-state index contributed by atoms with van der Waals surface area (Å²) >= 11 is 0. The minimum Gasteiger partial charge on any atom is -0.341 e. The second-order valence-electron chi connectivity index (χ2n) is 7.24. The summed E-state index contributed by atoms with van der Waals surface area (Å²) < 4.78 is 0. The fourth-order valence-corrected chi connectivity index (χ4v) is 3.96. The van der Waals surface area contributed by atoms with E-state index in [9.17, 15) is 9.59 Å². The molecule has 130 valence electrons. The molecule has 0 N–H and O–H groups in total. The third-order valence-corrected chi connectivity index (χ3v) is 5.56. The quantitative estimate of drug-likeness (QED) is 0.846. The van der Waals surface area contributed by atoms with Gasteiger partial charge in [0.15, 0.2) is 0 Å². The summed E-state index contributed by atoms with van der Waals surface area (Å²) in [7, 11) is 0. The number of hydrogen-bond donors (Lipinski definition) is 0. The minimum absolute atomic E-state index is 0.106.